The van der Waals surface area contributed by atoms with E-state index < -0.39 is 41.5 Å². The van der Waals surface area contributed by atoms with E-state index in [0.29, 0.717) is 0 Å². The minimum Gasteiger partial charge on any atom is -0.0654 e. The molecule has 8 aromatic carbocycles. The molecule has 0 amide bonds. The van der Waals surface area contributed by atoms with Gasteiger partial charge in [-0.3, -0.25) is 0 Å². The van der Waals surface area contributed by atoms with Crippen LogP contribution in [0.5, 0.6) is 0 Å². The molecule has 88 heavy (non-hydrogen) atoms. The summed E-state index contributed by atoms with van der Waals surface area (Å²) < 4.78 is 0. The molecule has 0 atom stereocenters. The molecule has 466 valence electrons. The number of hydrogen-bond donors (Lipinski definition) is 0. The van der Waals surface area contributed by atoms with Crippen LogP contribution in [0, 0.1) is 0 Å². The third-order valence-electron chi connectivity index (χ3n) is 18.9. The largest absolute Gasteiger partial charge is 0.0654 e. The Balaban J connectivity index is 1.81. The topological polar surface area (TPSA) is 0 Å². The smallest absolute Gasteiger partial charge is 0.0383 e. The summed E-state index contributed by atoms with van der Waals surface area (Å²) in [5.74, 6) is 0. The highest BCUT2D eigenvalue weighted by atomic mass is 31.2. The van der Waals surface area contributed by atoms with E-state index in [2.05, 4.69) is 263 Å². The molecule has 0 N–H and O–H groups in total. The van der Waals surface area contributed by atoms with Crippen LogP contribution in [0.15, 0.2) is 194 Å². The van der Waals surface area contributed by atoms with E-state index in [1.807, 2.05) is 0 Å². The van der Waals surface area contributed by atoms with Crippen molar-refractivity contribution >= 4 is 74.1 Å². The highest BCUT2D eigenvalue weighted by Gasteiger charge is 2.65. The van der Waals surface area contributed by atoms with Crippen LogP contribution in [0.3, 0.4) is 0 Å². The molecular weight excluding hydrogens is 1130 g/mol. The molecule has 0 nitrogen and oxygen atoms in total. The molecule has 0 saturated carbocycles. The lowest BCUT2D eigenvalue weighted by Gasteiger charge is -2.63. The lowest BCUT2D eigenvalue weighted by molar-refractivity contribution is 0.768. The van der Waals surface area contributed by atoms with Gasteiger partial charge in [0.1, 0.15) is 0 Å². The van der Waals surface area contributed by atoms with Crippen molar-refractivity contribution in [2.24, 2.45) is 0 Å². The fourth-order valence-corrected chi connectivity index (χ4v) is 32.6. The van der Waals surface area contributed by atoms with E-state index >= 15 is 0 Å². The van der Waals surface area contributed by atoms with Gasteiger partial charge in [-0.05, 0) is 235 Å². The number of benzene rings is 8. The van der Waals surface area contributed by atoms with Gasteiger partial charge in [0.05, 0.1) is 0 Å². The number of rotatable bonds is 37. The van der Waals surface area contributed by atoms with Gasteiger partial charge in [0.2, 0.25) is 0 Å². The average molecular weight is 1240 g/mol. The Bertz CT molecular complexity index is 2710. The summed E-state index contributed by atoms with van der Waals surface area (Å²) in [6, 6.07) is 81.2. The van der Waals surface area contributed by atoms with E-state index in [9.17, 15) is 0 Å². The minimum absolute atomic E-state index is 0.449. The van der Waals surface area contributed by atoms with Crippen LogP contribution in [0.25, 0.3) is 0 Å². The summed E-state index contributed by atoms with van der Waals surface area (Å²) in [5, 5.41) is 13.0. The van der Waals surface area contributed by atoms with E-state index in [0.717, 1.165) is 51.4 Å². The van der Waals surface area contributed by atoms with Gasteiger partial charge in [-0.2, -0.15) is 0 Å². The Morgan fingerprint density at radius 1 is 0.193 bits per heavy atom. The standard InChI is InChI=1S/C84H110P4/c1-11-19-43-67-51-27-35-59-75(67)85(76-60-36-28-52-68(76)44-20-12-2)83(9,86(77-61-37-29-53-69(77)45-21-13-3)78-62-38-30-54-70(78)46-22-14-4)84(10,87(79-63-39-31-55-71(79)47-23-15-5)80-64-40-32-56-72(80)48-24-16-6)88(81-65-41-33-57-73(81)49-25-17-7)82-66-42-34-58-74(82)50-26-18-8/h27-42,51-66H,11-26,43-50H2,1-10H3. The third kappa shape index (κ3) is 16.2. The second-order valence-electron chi connectivity index (χ2n) is 25.2. The van der Waals surface area contributed by atoms with Crippen molar-refractivity contribution in [2.45, 2.75) is 233 Å². The van der Waals surface area contributed by atoms with Gasteiger partial charge in [0.15, 0.2) is 0 Å². The first kappa shape index (κ1) is 69.4. The average Bonchev–Trinajstić information content (AvgIpc) is 0.698. The quantitative estimate of drug-likeness (QED) is 0.0341. The van der Waals surface area contributed by atoms with Gasteiger partial charge in [-0.1, -0.05) is 301 Å². The molecule has 0 saturated heterocycles. The molecule has 0 aliphatic carbocycles. The fraction of sp³-hybridized carbons (Fsp3) is 0.429. The first-order valence-corrected chi connectivity index (χ1v) is 40.4. The summed E-state index contributed by atoms with van der Waals surface area (Å²) in [5.41, 5.74) is 12.5. The summed E-state index contributed by atoms with van der Waals surface area (Å²) in [7, 11) is -4.98. The molecule has 0 unspecified atom stereocenters. The maximum absolute atomic E-state index is 3.04. The van der Waals surface area contributed by atoms with Gasteiger partial charge in [-0.15, -0.1) is 0 Å². The van der Waals surface area contributed by atoms with E-state index in [1.165, 1.54) is 103 Å². The van der Waals surface area contributed by atoms with E-state index in [1.54, 1.807) is 86.9 Å². The Hall–Kier alpha value is -4.52. The lowest BCUT2D eigenvalue weighted by Crippen LogP contribution is -2.57. The maximum Gasteiger partial charge on any atom is 0.0383 e. The van der Waals surface area contributed by atoms with Gasteiger partial charge >= 0.3 is 0 Å². The number of aryl methyl sites for hydroxylation is 8. The zero-order valence-electron chi connectivity index (χ0n) is 56.2. The summed E-state index contributed by atoms with van der Waals surface area (Å²) in [4.78, 5) is -0.897. The molecular formula is C84H110P4. The van der Waals surface area contributed by atoms with Gasteiger partial charge < -0.3 is 0 Å². The van der Waals surface area contributed by atoms with E-state index in [-0.39, 0.29) is 0 Å². The second kappa shape index (κ2) is 35.9. The molecule has 0 aliphatic rings. The van der Waals surface area contributed by atoms with Gasteiger partial charge in [0.25, 0.3) is 0 Å². The second-order valence-corrected chi connectivity index (χ2v) is 36.1. The predicted molar refractivity (Wildman–Crippen MR) is 402 cm³/mol. The summed E-state index contributed by atoms with van der Waals surface area (Å²) in [6.07, 6.45) is 27.3. The van der Waals surface area contributed by atoms with Crippen LogP contribution in [-0.4, -0.2) is 9.79 Å². The highest BCUT2D eigenvalue weighted by Crippen LogP contribution is 2.83. The third-order valence-corrected chi connectivity index (χ3v) is 34.6. The summed E-state index contributed by atoms with van der Waals surface area (Å²) in [6.45, 7) is 25.3. The molecule has 0 aromatic heterocycles. The van der Waals surface area contributed by atoms with Crippen molar-refractivity contribution in [3.8, 4) is 0 Å². The fourth-order valence-electron chi connectivity index (χ4n) is 13.9. The summed E-state index contributed by atoms with van der Waals surface area (Å²) >= 11 is 0. The first-order valence-electron chi connectivity index (χ1n) is 35.0. The molecule has 8 rings (SSSR count). The van der Waals surface area contributed by atoms with Crippen molar-refractivity contribution in [3.63, 3.8) is 0 Å². The van der Waals surface area contributed by atoms with E-state index in [4.69, 9.17) is 0 Å². The Morgan fingerprint density at radius 2 is 0.307 bits per heavy atom. The highest BCUT2D eigenvalue weighted by molar-refractivity contribution is 7.98. The van der Waals surface area contributed by atoms with Crippen molar-refractivity contribution in [1.29, 1.82) is 0 Å². The molecule has 0 bridgehead atoms. The van der Waals surface area contributed by atoms with Crippen LogP contribution in [0.2, 0.25) is 0 Å². The molecule has 8 aromatic rings. The van der Waals surface area contributed by atoms with Crippen LogP contribution < -0.4 is 42.4 Å². The number of unbranched alkanes of at least 4 members (excludes halogenated alkanes) is 8. The molecule has 4 heteroatoms. The predicted octanol–water partition coefficient (Wildman–Crippen LogP) is 21.7. The van der Waals surface area contributed by atoms with Crippen molar-refractivity contribution < 1.29 is 0 Å². The zero-order valence-corrected chi connectivity index (χ0v) is 59.8. The monoisotopic (exact) mass is 1240 g/mol. The maximum atomic E-state index is 3.04. The Labute approximate surface area is 542 Å². The lowest BCUT2D eigenvalue weighted by atomic mass is 10.1. The molecule has 0 radical (unpaired) electrons. The van der Waals surface area contributed by atoms with Crippen LogP contribution in [0.4, 0.5) is 0 Å². The van der Waals surface area contributed by atoms with Crippen molar-refractivity contribution in [1.82, 2.24) is 0 Å². The normalized spacial score (nSPS) is 12.1. The van der Waals surface area contributed by atoms with Crippen LogP contribution >= 0.6 is 31.7 Å². The first-order chi connectivity index (χ1) is 43.2. The van der Waals surface area contributed by atoms with Gasteiger partial charge in [0, 0.05) is 9.79 Å². The molecule has 0 heterocycles. The van der Waals surface area contributed by atoms with Crippen LogP contribution in [-0.2, 0) is 51.4 Å². The zero-order chi connectivity index (χ0) is 62.1. The Morgan fingerprint density at radius 3 is 0.420 bits per heavy atom. The Kier molecular flexibility index (Phi) is 28.3. The van der Waals surface area contributed by atoms with Crippen LogP contribution in [0.1, 0.15) is 216 Å². The van der Waals surface area contributed by atoms with Gasteiger partial charge in [-0.25, -0.2) is 0 Å². The van der Waals surface area contributed by atoms with Crippen molar-refractivity contribution in [2.75, 3.05) is 0 Å². The molecule has 0 spiro atoms. The molecule has 0 fully saturated rings. The molecule has 0 aliphatic heterocycles. The van der Waals surface area contributed by atoms with Crippen molar-refractivity contribution in [3.05, 3.63) is 239 Å². The minimum atomic E-state index is -1.24. The number of hydrogen-bond acceptors (Lipinski definition) is 0. The SMILES string of the molecule is CCCCc1ccccc1P(c1ccccc1CCCC)C(C)(P(c1ccccc1CCCC)c1ccccc1CCCC)C(C)(P(c1ccccc1CCCC)c1ccccc1CCCC)P(c1ccccc1CCCC)c1ccccc1CCCC.